The summed E-state index contributed by atoms with van der Waals surface area (Å²) in [4.78, 5) is 12.5. The van der Waals surface area contributed by atoms with Crippen LogP contribution in [-0.4, -0.2) is 28.2 Å². The molecular formula is C8H9NO2. The highest BCUT2D eigenvalue weighted by Gasteiger charge is 2.44. The van der Waals surface area contributed by atoms with E-state index in [0.29, 0.717) is 13.0 Å². The molecule has 0 aromatic carbocycles. The molecule has 3 heteroatoms. The molecule has 3 nitrogen and oxygen atoms in total. The highest BCUT2D eigenvalue weighted by Crippen LogP contribution is 2.34. The number of amides is 1. The third-order valence-electron chi connectivity index (χ3n) is 2.12. The minimum atomic E-state index is -1.05. The van der Waals surface area contributed by atoms with Crippen LogP contribution in [0.5, 0.6) is 0 Å². The van der Waals surface area contributed by atoms with Gasteiger partial charge in [-0.15, -0.1) is 0 Å². The lowest BCUT2D eigenvalue weighted by molar-refractivity contribution is -0.135. The second kappa shape index (κ2) is 1.74. The van der Waals surface area contributed by atoms with Crippen molar-refractivity contribution in [2.45, 2.75) is 12.1 Å². The molecule has 58 valence electrons. The molecule has 0 spiro atoms. The van der Waals surface area contributed by atoms with Crippen molar-refractivity contribution in [3.05, 3.63) is 24.3 Å². The summed E-state index contributed by atoms with van der Waals surface area (Å²) in [5.41, 5.74) is -0.140. The van der Waals surface area contributed by atoms with Crippen LogP contribution < -0.4 is 0 Å². The van der Waals surface area contributed by atoms with Crippen LogP contribution in [0.2, 0.25) is 0 Å². The van der Waals surface area contributed by atoms with Crippen LogP contribution in [0, 0.1) is 0 Å². The highest BCUT2D eigenvalue weighted by atomic mass is 16.3. The molecule has 2 rings (SSSR count). The van der Waals surface area contributed by atoms with E-state index < -0.39 is 5.72 Å². The molecule has 0 saturated carbocycles. The highest BCUT2D eigenvalue weighted by molar-refractivity contribution is 5.92. The van der Waals surface area contributed by atoms with Crippen molar-refractivity contribution >= 4 is 5.91 Å². The van der Waals surface area contributed by atoms with Gasteiger partial charge in [-0.25, -0.2) is 0 Å². The molecule has 1 N–H and O–H groups in total. The molecule has 1 unspecified atom stereocenters. The van der Waals surface area contributed by atoms with Crippen molar-refractivity contribution < 1.29 is 9.90 Å². The standard InChI is InChI=1S/C8H9NO2/c1-6-4-8(11)3-2-7(10)9(8)5-6/h2-3,11H,1,4-5H2. The van der Waals surface area contributed by atoms with Gasteiger partial charge in [0, 0.05) is 19.0 Å². The van der Waals surface area contributed by atoms with Crippen LogP contribution >= 0.6 is 0 Å². The molecular weight excluding hydrogens is 142 g/mol. The van der Waals surface area contributed by atoms with E-state index >= 15 is 0 Å². The van der Waals surface area contributed by atoms with Crippen LogP contribution in [0.15, 0.2) is 24.3 Å². The summed E-state index contributed by atoms with van der Waals surface area (Å²) in [6.07, 6.45) is 3.43. The van der Waals surface area contributed by atoms with E-state index in [1.807, 2.05) is 0 Å². The molecule has 2 aliphatic rings. The van der Waals surface area contributed by atoms with Crippen LogP contribution in [0.1, 0.15) is 6.42 Å². The van der Waals surface area contributed by atoms with Crippen molar-refractivity contribution in [3.63, 3.8) is 0 Å². The second-order valence-electron chi connectivity index (χ2n) is 3.06. The monoisotopic (exact) mass is 151 g/mol. The Balaban J connectivity index is 2.38. The van der Waals surface area contributed by atoms with Gasteiger partial charge in [0.1, 0.15) is 0 Å². The van der Waals surface area contributed by atoms with Crippen LogP contribution in [0.3, 0.4) is 0 Å². The van der Waals surface area contributed by atoms with Gasteiger partial charge in [0.05, 0.1) is 0 Å². The van der Waals surface area contributed by atoms with E-state index in [1.54, 1.807) is 0 Å². The van der Waals surface area contributed by atoms with Crippen molar-refractivity contribution in [3.8, 4) is 0 Å². The average Bonchev–Trinajstić information content (AvgIpc) is 2.32. The average molecular weight is 151 g/mol. The van der Waals surface area contributed by atoms with Gasteiger partial charge in [0.2, 0.25) is 5.91 Å². The Hall–Kier alpha value is -1.09. The van der Waals surface area contributed by atoms with E-state index in [1.165, 1.54) is 17.1 Å². The van der Waals surface area contributed by atoms with Gasteiger partial charge in [0.15, 0.2) is 5.72 Å². The number of hydrogen-bond donors (Lipinski definition) is 1. The van der Waals surface area contributed by atoms with Crippen LogP contribution in [0.4, 0.5) is 0 Å². The van der Waals surface area contributed by atoms with Crippen molar-refractivity contribution in [1.29, 1.82) is 0 Å². The molecule has 1 atom stereocenters. The SMILES string of the molecule is C=C1CN2C(=O)C=CC2(O)C1. The molecule has 2 aliphatic heterocycles. The first-order chi connectivity index (χ1) is 5.12. The Morgan fingerprint density at radius 3 is 3.09 bits per heavy atom. The van der Waals surface area contributed by atoms with Gasteiger partial charge in [-0.3, -0.25) is 4.79 Å². The fourth-order valence-electron chi connectivity index (χ4n) is 1.59. The predicted molar refractivity (Wildman–Crippen MR) is 39.6 cm³/mol. The zero-order valence-electron chi connectivity index (χ0n) is 6.08. The lowest BCUT2D eigenvalue weighted by Gasteiger charge is -2.23. The van der Waals surface area contributed by atoms with Crippen molar-refractivity contribution in [2.75, 3.05) is 6.54 Å². The normalized spacial score (nSPS) is 35.2. The van der Waals surface area contributed by atoms with Crippen LogP contribution in [-0.2, 0) is 4.79 Å². The predicted octanol–water partition coefficient (Wildman–Crippen LogP) is 0.0333. The zero-order valence-corrected chi connectivity index (χ0v) is 6.08. The van der Waals surface area contributed by atoms with Gasteiger partial charge in [-0.2, -0.15) is 0 Å². The Bertz CT molecular complexity index is 269. The van der Waals surface area contributed by atoms with Gasteiger partial charge in [0.25, 0.3) is 0 Å². The Kier molecular flexibility index (Phi) is 1.04. The molecule has 1 amide bonds. The summed E-state index contributed by atoms with van der Waals surface area (Å²) >= 11 is 0. The van der Waals surface area contributed by atoms with E-state index in [-0.39, 0.29) is 5.91 Å². The summed E-state index contributed by atoms with van der Waals surface area (Å²) in [6.45, 7) is 4.22. The number of rotatable bonds is 0. The number of carbonyl (C=O) groups is 1. The number of hydrogen-bond acceptors (Lipinski definition) is 2. The zero-order chi connectivity index (χ0) is 8.06. The van der Waals surface area contributed by atoms with E-state index in [2.05, 4.69) is 6.58 Å². The van der Waals surface area contributed by atoms with Gasteiger partial charge in [-0.1, -0.05) is 12.2 Å². The third-order valence-corrected chi connectivity index (χ3v) is 2.12. The van der Waals surface area contributed by atoms with E-state index in [0.717, 1.165) is 5.57 Å². The molecule has 11 heavy (non-hydrogen) atoms. The Morgan fingerprint density at radius 2 is 2.45 bits per heavy atom. The molecule has 0 radical (unpaired) electrons. The topological polar surface area (TPSA) is 40.5 Å². The van der Waals surface area contributed by atoms with E-state index in [9.17, 15) is 9.90 Å². The molecule has 0 aromatic heterocycles. The molecule has 0 aromatic rings. The quantitative estimate of drug-likeness (QED) is 0.496. The summed E-state index contributed by atoms with van der Waals surface area (Å²) in [5.74, 6) is -0.119. The third kappa shape index (κ3) is 0.744. The lowest BCUT2D eigenvalue weighted by atomic mass is 10.1. The van der Waals surface area contributed by atoms with Crippen molar-refractivity contribution in [1.82, 2.24) is 4.90 Å². The second-order valence-corrected chi connectivity index (χ2v) is 3.06. The fourth-order valence-corrected chi connectivity index (χ4v) is 1.59. The maximum Gasteiger partial charge on any atom is 0.249 e. The minimum absolute atomic E-state index is 0.119. The largest absolute Gasteiger partial charge is 0.367 e. The fraction of sp³-hybridized carbons (Fsp3) is 0.375. The lowest BCUT2D eigenvalue weighted by Crippen LogP contribution is -2.40. The number of fused-ring (bicyclic) bond motifs is 1. The summed E-state index contributed by atoms with van der Waals surface area (Å²) in [6, 6.07) is 0. The molecule has 0 aliphatic carbocycles. The summed E-state index contributed by atoms with van der Waals surface area (Å²) < 4.78 is 0. The first-order valence-corrected chi connectivity index (χ1v) is 3.52. The first-order valence-electron chi connectivity index (χ1n) is 3.52. The van der Waals surface area contributed by atoms with Gasteiger partial charge < -0.3 is 10.0 Å². The molecule has 0 bridgehead atoms. The van der Waals surface area contributed by atoms with Crippen LogP contribution in [0.25, 0.3) is 0 Å². The van der Waals surface area contributed by atoms with Crippen molar-refractivity contribution in [2.24, 2.45) is 0 Å². The Morgan fingerprint density at radius 1 is 1.73 bits per heavy atom. The smallest absolute Gasteiger partial charge is 0.249 e. The maximum atomic E-state index is 11.0. The molecule has 2 heterocycles. The number of nitrogens with zero attached hydrogens (tertiary/aromatic N) is 1. The first kappa shape index (κ1) is 6.61. The van der Waals surface area contributed by atoms with E-state index in [4.69, 9.17) is 0 Å². The molecule has 1 fully saturated rings. The van der Waals surface area contributed by atoms with Gasteiger partial charge >= 0.3 is 0 Å². The maximum absolute atomic E-state index is 11.0. The summed E-state index contributed by atoms with van der Waals surface area (Å²) in [5, 5.41) is 9.73. The summed E-state index contributed by atoms with van der Waals surface area (Å²) in [7, 11) is 0. The number of carbonyl (C=O) groups excluding carboxylic acids is 1. The molecule has 1 saturated heterocycles. The minimum Gasteiger partial charge on any atom is -0.367 e. The number of aliphatic hydroxyl groups is 1. The Labute approximate surface area is 64.6 Å². The van der Waals surface area contributed by atoms with Gasteiger partial charge in [-0.05, 0) is 6.08 Å².